The molecule has 42 heavy (non-hydrogen) atoms. The van der Waals surface area contributed by atoms with Crippen molar-refractivity contribution in [2.45, 2.75) is 23.9 Å². The fourth-order valence-corrected chi connectivity index (χ4v) is 8.46. The third-order valence-corrected chi connectivity index (χ3v) is 11.0. The molecular formula is C28H24BrCl2N5O4S2. The van der Waals surface area contributed by atoms with E-state index in [1.807, 2.05) is 29.6 Å². The summed E-state index contributed by atoms with van der Waals surface area (Å²) >= 11 is 17.4. The third-order valence-electron chi connectivity index (χ3n) is 7.53. The van der Waals surface area contributed by atoms with E-state index in [9.17, 15) is 18.0 Å². The Kier molecular flexibility index (Phi) is 7.73. The molecule has 218 valence electrons. The van der Waals surface area contributed by atoms with Gasteiger partial charge in [0.05, 0.1) is 17.4 Å². The molecular weight excluding hydrogens is 685 g/mol. The van der Waals surface area contributed by atoms with E-state index < -0.39 is 15.6 Å². The molecule has 2 aliphatic heterocycles. The number of amides is 2. The second-order valence-electron chi connectivity index (χ2n) is 10.3. The summed E-state index contributed by atoms with van der Waals surface area (Å²) in [5.74, 6) is -0.334. The van der Waals surface area contributed by atoms with Gasteiger partial charge in [0, 0.05) is 52.5 Å². The van der Waals surface area contributed by atoms with E-state index in [2.05, 4.69) is 20.9 Å². The summed E-state index contributed by atoms with van der Waals surface area (Å²) in [5.41, 5.74) is 0.471. The molecule has 0 bridgehead atoms. The van der Waals surface area contributed by atoms with Crippen molar-refractivity contribution in [2.75, 3.05) is 31.1 Å². The van der Waals surface area contributed by atoms with Crippen LogP contribution >= 0.6 is 50.5 Å². The predicted octanol–water partition coefficient (Wildman–Crippen LogP) is 5.80. The molecule has 0 radical (unpaired) electrons. The van der Waals surface area contributed by atoms with Gasteiger partial charge in [-0.1, -0.05) is 51.3 Å². The van der Waals surface area contributed by atoms with E-state index in [-0.39, 0.29) is 55.4 Å². The lowest BCUT2D eigenvalue weighted by Gasteiger charge is -2.34. The SMILES string of the molecule is C[C@@]1(Cc2ccc(Br)cc2)C(=O)N(c2cc(Cl)cc(Cl)c2)c2ncc(S(=O)(=O)N3CCN(C(=O)c4ccsc4)CC3)n21. The molecule has 9 nitrogen and oxygen atoms in total. The van der Waals surface area contributed by atoms with E-state index in [1.54, 1.807) is 41.5 Å². The first-order valence-corrected chi connectivity index (χ1v) is 16.9. The van der Waals surface area contributed by atoms with Crippen LogP contribution in [0.4, 0.5) is 11.6 Å². The smallest absolute Gasteiger partial charge is 0.260 e. The average molecular weight is 709 g/mol. The van der Waals surface area contributed by atoms with Crippen molar-refractivity contribution in [1.29, 1.82) is 0 Å². The number of carbonyl (C=O) groups is 2. The molecule has 2 aromatic heterocycles. The highest BCUT2D eigenvalue weighted by Gasteiger charge is 2.52. The van der Waals surface area contributed by atoms with Gasteiger partial charge in [0.25, 0.3) is 21.8 Å². The van der Waals surface area contributed by atoms with Gasteiger partial charge >= 0.3 is 0 Å². The van der Waals surface area contributed by atoms with Crippen molar-refractivity contribution in [1.82, 2.24) is 18.8 Å². The number of thiophene rings is 1. The maximum absolute atomic E-state index is 14.2. The standard InChI is InChI=1S/C28H24BrCl2N5O4S2/c1-28(15-18-2-4-20(29)5-3-18)26(38)35(23-13-21(30)12-22(31)14-23)27-32-16-24(36(27)28)42(39,40)34-9-7-33(8-10-34)25(37)19-6-11-41-17-19/h2-6,11-14,16-17H,7-10,15H2,1H3/t28-/m1/s1. The van der Waals surface area contributed by atoms with Gasteiger partial charge in [0.2, 0.25) is 5.95 Å². The maximum atomic E-state index is 14.2. The first-order chi connectivity index (χ1) is 20.0. The number of imidazole rings is 1. The van der Waals surface area contributed by atoms with Gasteiger partial charge in [0.15, 0.2) is 5.03 Å². The fraction of sp³-hybridized carbons (Fsp3) is 0.250. The molecule has 1 fully saturated rings. The molecule has 1 saturated heterocycles. The Morgan fingerprint density at radius 3 is 2.33 bits per heavy atom. The zero-order chi connectivity index (χ0) is 29.8. The van der Waals surface area contributed by atoms with Crippen LogP contribution in [0.2, 0.25) is 10.0 Å². The Balaban J connectivity index is 1.38. The molecule has 2 aromatic carbocycles. The van der Waals surface area contributed by atoms with Crippen molar-refractivity contribution < 1.29 is 18.0 Å². The minimum absolute atomic E-state index is 0.0984. The summed E-state index contributed by atoms with van der Waals surface area (Å²) < 4.78 is 32.0. The monoisotopic (exact) mass is 707 g/mol. The predicted molar refractivity (Wildman–Crippen MR) is 166 cm³/mol. The molecule has 1 atom stereocenters. The molecule has 4 aromatic rings. The zero-order valence-corrected chi connectivity index (χ0v) is 26.9. The van der Waals surface area contributed by atoms with E-state index in [1.165, 1.54) is 31.3 Å². The second-order valence-corrected chi connectivity index (χ2v) is 14.7. The van der Waals surface area contributed by atoms with Crippen LogP contribution < -0.4 is 4.90 Å². The van der Waals surface area contributed by atoms with E-state index >= 15 is 0 Å². The van der Waals surface area contributed by atoms with Gasteiger partial charge in [-0.05, 0) is 54.3 Å². The Morgan fingerprint density at radius 1 is 1.05 bits per heavy atom. The van der Waals surface area contributed by atoms with E-state index in [4.69, 9.17) is 23.2 Å². The largest absolute Gasteiger partial charge is 0.336 e. The lowest BCUT2D eigenvalue weighted by atomic mass is 9.92. The number of anilines is 2. The summed E-state index contributed by atoms with van der Waals surface area (Å²) in [6.07, 6.45) is 1.50. The van der Waals surface area contributed by atoms with Crippen LogP contribution in [0.5, 0.6) is 0 Å². The first kappa shape index (κ1) is 29.3. The number of nitrogens with zero attached hydrogens (tertiary/aromatic N) is 5. The van der Waals surface area contributed by atoms with Crippen LogP contribution in [0.3, 0.4) is 0 Å². The fourth-order valence-electron chi connectivity index (χ4n) is 5.45. The summed E-state index contributed by atoms with van der Waals surface area (Å²) in [4.78, 5) is 34.5. The lowest BCUT2D eigenvalue weighted by molar-refractivity contribution is -0.124. The van der Waals surface area contributed by atoms with Crippen LogP contribution in [-0.2, 0) is 26.8 Å². The molecule has 4 heterocycles. The van der Waals surface area contributed by atoms with Crippen molar-refractivity contribution in [3.05, 3.63) is 91.1 Å². The molecule has 6 rings (SSSR count). The molecule has 0 N–H and O–H groups in total. The van der Waals surface area contributed by atoms with Crippen LogP contribution in [0.1, 0.15) is 22.8 Å². The van der Waals surface area contributed by atoms with Crippen LogP contribution in [0, 0.1) is 0 Å². The van der Waals surface area contributed by atoms with Gasteiger partial charge in [-0.25, -0.2) is 18.3 Å². The molecule has 0 aliphatic carbocycles. The second kappa shape index (κ2) is 11.1. The summed E-state index contributed by atoms with van der Waals surface area (Å²) in [6.45, 7) is 2.44. The average Bonchev–Trinajstić information content (AvgIpc) is 3.69. The van der Waals surface area contributed by atoms with Crippen LogP contribution in [0.15, 0.2) is 75.0 Å². The number of rotatable bonds is 6. The molecule has 0 spiro atoms. The summed E-state index contributed by atoms with van der Waals surface area (Å²) in [5, 5.41) is 4.17. The summed E-state index contributed by atoms with van der Waals surface area (Å²) in [7, 11) is -4.10. The maximum Gasteiger partial charge on any atom is 0.260 e. The molecule has 2 amide bonds. The quantitative estimate of drug-likeness (QED) is 0.253. The Morgan fingerprint density at radius 2 is 1.71 bits per heavy atom. The van der Waals surface area contributed by atoms with Crippen LogP contribution in [-0.4, -0.2) is 65.2 Å². The number of hydrogen-bond donors (Lipinski definition) is 0. The van der Waals surface area contributed by atoms with Gasteiger partial charge in [0.1, 0.15) is 5.54 Å². The number of hydrogen-bond acceptors (Lipinski definition) is 6. The number of aromatic nitrogens is 2. The molecule has 0 saturated carbocycles. The van der Waals surface area contributed by atoms with Crippen LogP contribution in [0.25, 0.3) is 0 Å². The van der Waals surface area contributed by atoms with E-state index in [0.29, 0.717) is 21.3 Å². The van der Waals surface area contributed by atoms with Crippen molar-refractivity contribution in [3.8, 4) is 0 Å². The molecule has 0 unspecified atom stereocenters. The van der Waals surface area contributed by atoms with Gasteiger partial charge in [-0.3, -0.25) is 14.2 Å². The van der Waals surface area contributed by atoms with Gasteiger partial charge in [-0.2, -0.15) is 15.6 Å². The molecule has 2 aliphatic rings. The van der Waals surface area contributed by atoms with Crippen molar-refractivity contribution in [3.63, 3.8) is 0 Å². The first-order valence-electron chi connectivity index (χ1n) is 12.9. The zero-order valence-electron chi connectivity index (χ0n) is 22.2. The highest BCUT2D eigenvalue weighted by atomic mass is 79.9. The summed E-state index contributed by atoms with van der Waals surface area (Å²) in [6, 6.07) is 14.0. The highest BCUT2D eigenvalue weighted by Crippen LogP contribution is 2.45. The Bertz CT molecular complexity index is 1770. The molecule has 14 heteroatoms. The number of halogens is 3. The van der Waals surface area contributed by atoms with E-state index in [0.717, 1.165) is 10.0 Å². The topological polar surface area (TPSA) is 95.8 Å². The van der Waals surface area contributed by atoms with Gasteiger partial charge in [-0.15, -0.1) is 0 Å². The minimum Gasteiger partial charge on any atom is -0.336 e. The third kappa shape index (κ3) is 5.07. The number of piperazine rings is 1. The Labute approximate surface area is 265 Å². The van der Waals surface area contributed by atoms with Crippen molar-refractivity contribution in [2.24, 2.45) is 0 Å². The normalized spacial score (nSPS) is 19.4. The number of carbonyl (C=O) groups excluding carboxylic acids is 2. The van der Waals surface area contributed by atoms with Crippen molar-refractivity contribution >= 4 is 83.9 Å². The number of sulfonamides is 1. The minimum atomic E-state index is -4.10. The highest BCUT2D eigenvalue weighted by molar-refractivity contribution is 9.10. The van der Waals surface area contributed by atoms with Gasteiger partial charge < -0.3 is 4.90 Å². The number of fused-ring (bicyclic) bond motifs is 1. The Hall–Kier alpha value is -2.74. The number of benzene rings is 2. The lowest BCUT2D eigenvalue weighted by Crippen LogP contribution is -2.51.